The molecular weight excluding hydrogens is 260 g/mol. The van der Waals surface area contributed by atoms with Crippen LogP contribution in [0.1, 0.15) is 5.56 Å². The molecule has 0 aromatic heterocycles. The number of carbonyl (C=O) groups excluding carboxylic acids is 1. The third-order valence-electron chi connectivity index (χ3n) is 2.29. The number of hydrogen-bond donors (Lipinski definition) is 0. The van der Waals surface area contributed by atoms with Gasteiger partial charge in [-0.05, 0) is 12.1 Å². The van der Waals surface area contributed by atoms with E-state index in [-0.39, 0.29) is 40.9 Å². The molecule has 0 saturated heterocycles. The SMILES string of the molecule is O=C([O-])C1=Cc2ccccc2OC1C(F)(F)F.[Na+]. The van der Waals surface area contributed by atoms with E-state index < -0.39 is 23.8 Å². The molecule has 7 heteroatoms. The van der Waals surface area contributed by atoms with Crippen LogP contribution in [0, 0.1) is 0 Å². The number of aliphatic carboxylic acids is 1. The average molecular weight is 266 g/mol. The van der Waals surface area contributed by atoms with Crippen LogP contribution < -0.4 is 39.4 Å². The predicted molar refractivity (Wildman–Crippen MR) is 49.9 cm³/mol. The zero-order valence-electron chi connectivity index (χ0n) is 9.32. The Morgan fingerprint density at radius 2 is 1.89 bits per heavy atom. The van der Waals surface area contributed by atoms with Gasteiger partial charge in [0.1, 0.15) is 5.75 Å². The maximum atomic E-state index is 12.6. The van der Waals surface area contributed by atoms with Gasteiger partial charge in [-0.25, -0.2) is 0 Å². The van der Waals surface area contributed by atoms with Crippen molar-refractivity contribution in [3.05, 3.63) is 35.4 Å². The van der Waals surface area contributed by atoms with Crippen molar-refractivity contribution >= 4 is 12.0 Å². The first-order chi connectivity index (χ1) is 7.89. The van der Waals surface area contributed by atoms with Crippen LogP contribution in [0.4, 0.5) is 13.2 Å². The number of carbonyl (C=O) groups is 1. The molecule has 0 spiro atoms. The number of hydrogen-bond acceptors (Lipinski definition) is 3. The van der Waals surface area contributed by atoms with Crippen molar-refractivity contribution in [3.8, 4) is 5.75 Å². The number of carboxylic acid groups (broad SMARTS) is 1. The van der Waals surface area contributed by atoms with E-state index in [1.807, 2.05) is 0 Å². The molecule has 1 atom stereocenters. The molecule has 1 unspecified atom stereocenters. The maximum Gasteiger partial charge on any atom is 1.00 e. The number of halogens is 3. The van der Waals surface area contributed by atoms with Gasteiger partial charge in [-0.3, -0.25) is 0 Å². The Kier molecular flexibility index (Phi) is 4.47. The smallest absolute Gasteiger partial charge is 0.545 e. The quantitative estimate of drug-likeness (QED) is 0.561. The molecular formula is C11H6F3NaO3. The first-order valence-electron chi connectivity index (χ1n) is 4.65. The largest absolute Gasteiger partial charge is 1.00 e. The number of rotatable bonds is 1. The van der Waals surface area contributed by atoms with Crippen molar-refractivity contribution in [2.24, 2.45) is 0 Å². The summed E-state index contributed by atoms with van der Waals surface area (Å²) in [4.78, 5) is 10.7. The van der Waals surface area contributed by atoms with E-state index in [0.717, 1.165) is 6.08 Å². The van der Waals surface area contributed by atoms with Crippen LogP contribution in [-0.4, -0.2) is 18.2 Å². The van der Waals surface area contributed by atoms with Gasteiger partial charge in [0.25, 0.3) is 0 Å². The normalized spacial score (nSPS) is 17.9. The summed E-state index contributed by atoms with van der Waals surface area (Å²) in [6, 6.07) is 5.88. The monoisotopic (exact) mass is 266 g/mol. The van der Waals surface area contributed by atoms with E-state index >= 15 is 0 Å². The van der Waals surface area contributed by atoms with Gasteiger partial charge >= 0.3 is 35.7 Å². The molecule has 2 rings (SSSR count). The molecule has 3 nitrogen and oxygen atoms in total. The van der Waals surface area contributed by atoms with E-state index in [0.29, 0.717) is 0 Å². The second-order valence-corrected chi connectivity index (χ2v) is 3.46. The third kappa shape index (κ3) is 2.88. The second kappa shape index (κ2) is 5.34. The Balaban J connectivity index is 0.00000162. The van der Waals surface area contributed by atoms with Crippen LogP contribution in [0.15, 0.2) is 29.8 Å². The molecule has 0 saturated carbocycles. The second-order valence-electron chi connectivity index (χ2n) is 3.46. The Morgan fingerprint density at radius 3 is 2.44 bits per heavy atom. The minimum absolute atomic E-state index is 0. The van der Waals surface area contributed by atoms with E-state index in [1.54, 1.807) is 6.07 Å². The summed E-state index contributed by atoms with van der Waals surface area (Å²) in [7, 11) is 0. The molecule has 1 heterocycles. The van der Waals surface area contributed by atoms with Crippen LogP contribution in [0.5, 0.6) is 5.75 Å². The molecule has 0 bridgehead atoms. The van der Waals surface area contributed by atoms with Gasteiger partial charge in [0.05, 0.1) is 5.97 Å². The Labute approximate surface area is 123 Å². The van der Waals surface area contributed by atoms with Crippen LogP contribution in [0.25, 0.3) is 6.08 Å². The van der Waals surface area contributed by atoms with Gasteiger partial charge in [0, 0.05) is 11.1 Å². The van der Waals surface area contributed by atoms with Gasteiger partial charge in [-0.2, -0.15) is 13.2 Å². The van der Waals surface area contributed by atoms with Crippen LogP contribution in [-0.2, 0) is 4.79 Å². The van der Waals surface area contributed by atoms with Crippen LogP contribution >= 0.6 is 0 Å². The van der Waals surface area contributed by atoms with Gasteiger partial charge in [0.15, 0.2) is 0 Å². The number of para-hydroxylation sites is 1. The summed E-state index contributed by atoms with van der Waals surface area (Å²) in [5.41, 5.74) is -0.636. The summed E-state index contributed by atoms with van der Waals surface area (Å²) >= 11 is 0. The summed E-state index contributed by atoms with van der Waals surface area (Å²) in [6.45, 7) is 0. The Morgan fingerprint density at radius 1 is 1.28 bits per heavy atom. The topological polar surface area (TPSA) is 49.4 Å². The molecule has 1 aromatic carbocycles. The van der Waals surface area contributed by atoms with Gasteiger partial charge < -0.3 is 14.6 Å². The van der Waals surface area contributed by atoms with Crippen molar-refractivity contribution < 1.29 is 57.4 Å². The molecule has 90 valence electrons. The molecule has 1 aromatic rings. The fourth-order valence-corrected chi connectivity index (χ4v) is 1.55. The zero-order valence-corrected chi connectivity index (χ0v) is 11.3. The molecule has 1 aliphatic rings. The minimum atomic E-state index is -4.79. The summed E-state index contributed by atoms with van der Waals surface area (Å²) in [6.07, 6.45) is -6.35. The van der Waals surface area contributed by atoms with Crippen molar-refractivity contribution in [3.63, 3.8) is 0 Å². The molecule has 0 aliphatic carbocycles. The Hall–Kier alpha value is -0.980. The summed E-state index contributed by atoms with van der Waals surface area (Å²) in [5.74, 6) is -1.89. The molecule has 18 heavy (non-hydrogen) atoms. The Bertz CT molecular complexity index is 497. The van der Waals surface area contributed by atoms with E-state index in [2.05, 4.69) is 4.74 Å². The fourth-order valence-electron chi connectivity index (χ4n) is 1.55. The number of fused-ring (bicyclic) bond motifs is 1. The maximum absolute atomic E-state index is 12.6. The minimum Gasteiger partial charge on any atom is -0.545 e. The molecule has 0 fully saturated rings. The van der Waals surface area contributed by atoms with E-state index in [4.69, 9.17) is 0 Å². The van der Waals surface area contributed by atoms with Crippen molar-refractivity contribution in [2.75, 3.05) is 0 Å². The van der Waals surface area contributed by atoms with Crippen molar-refractivity contribution in [1.29, 1.82) is 0 Å². The number of ether oxygens (including phenoxy) is 1. The first kappa shape index (κ1) is 15.1. The third-order valence-corrected chi connectivity index (χ3v) is 2.29. The number of carboxylic acids is 1. The standard InChI is InChI=1S/C11H7F3O3.Na/c12-11(13,14)9-7(10(15)16)5-6-3-1-2-4-8(6)17-9;/h1-5,9H,(H,15,16);/q;+1/p-1. The molecule has 1 aliphatic heterocycles. The van der Waals surface area contributed by atoms with E-state index in [9.17, 15) is 23.1 Å². The molecule has 0 radical (unpaired) electrons. The average Bonchev–Trinajstić information content (AvgIpc) is 2.26. The summed E-state index contributed by atoms with van der Waals surface area (Å²) in [5, 5.41) is 10.7. The number of benzene rings is 1. The van der Waals surface area contributed by atoms with Crippen LogP contribution in [0.3, 0.4) is 0 Å². The number of alkyl halides is 3. The zero-order chi connectivity index (χ0) is 12.6. The first-order valence-corrected chi connectivity index (χ1v) is 4.65. The van der Waals surface area contributed by atoms with Gasteiger partial charge in [-0.1, -0.05) is 18.2 Å². The molecule has 0 amide bonds. The van der Waals surface area contributed by atoms with E-state index in [1.165, 1.54) is 18.2 Å². The van der Waals surface area contributed by atoms with Gasteiger partial charge in [-0.15, -0.1) is 0 Å². The van der Waals surface area contributed by atoms with Gasteiger partial charge in [0.2, 0.25) is 6.10 Å². The van der Waals surface area contributed by atoms with Crippen molar-refractivity contribution in [1.82, 2.24) is 0 Å². The fraction of sp³-hybridized carbons (Fsp3) is 0.182. The van der Waals surface area contributed by atoms with Crippen LogP contribution in [0.2, 0.25) is 0 Å². The molecule has 0 N–H and O–H groups in total. The predicted octanol–water partition coefficient (Wildman–Crippen LogP) is -1.85. The van der Waals surface area contributed by atoms with Crippen molar-refractivity contribution in [2.45, 2.75) is 12.3 Å². The summed E-state index contributed by atoms with van der Waals surface area (Å²) < 4.78 is 42.4.